The second-order valence-electron chi connectivity index (χ2n) is 4.39. The lowest BCUT2D eigenvalue weighted by Gasteiger charge is -2.12. The molecule has 0 aliphatic rings. The van der Waals surface area contributed by atoms with E-state index in [1.165, 1.54) is 18.4 Å². The summed E-state index contributed by atoms with van der Waals surface area (Å²) < 4.78 is 25.4. The van der Waals surface area contributed by atoms with Crippen LogP contribution < -0.4 is 0 Å². The molecule has 0 bridgehead atoms. The highest BCUT2D eigenvalue weighted by Crippen LogP contribution is 2.22. The predicted molar refractivity (Wildman–Crippen MR) is 81.1 cm³/mol. The number of sulfonamides is 1. The summed E-state index contributed by atoms with van der Waals surface area (Å²) in [6.07, 6.45) is 1.75. The third-order valence-corrected chi connectivity index (χ3v) is 5.53. The Bertz CT molecular complexity index is 671. The number of benzene rings is 1. The van der Waals surface area contributed by atoms with Crippen molar-refractivity contribution in [1.29, 1.82) is 0 Å². The van der Waals surface area contributed by atoms with Crippen LogP contribution in [0, 0.1) is 0 Å². The average molecular weight is 308 g/mol. The van der Waals surface area contributed by atoms with E-state index < -0.39 is 10.0 Å². The minimum atomic E-state index is -3.37. The number of hydrogen-bond donors (Lipinski definition) is 0. The number of nitrogens with zero attached hydrogens (tertiary/aromatic N) is 2. The van der Waals surface area contributed by atoms with Gasteiger partial charge in [0.05, 0.1) is 9.92 Å². The lowest BCUT2D eigenvalue weighted by atomic mass is 10.2. The fourth-order valence-electron chi connectivity index (χ4n) is 1.60. The summed E-state index contributed by atoms with van der Waals surface area (Å²) in [6.45, 7) is 0. The first kappa shape index (κ1) is 15.0. The molecule has 0 unspecified atom stereocenters. The van der Waals surface area contributed by atoms with E-state index in [9.17, 15) is 8.42 Å². The number of hydrogen-bond acceptors (Lipinski definition) is 4. The quantitative estimate of drug-likeness (QED) is 0.797. The Morgan fingerprint density at radius 2 is 1.95 bits per heavy atom. The molecular formula is C14H16N2O2S2. The molecule has 0 amide bonds. The standard InChI is InChI=1S/C14H16N2O2S2/c1-16(2)20(17,18)13-7-5-6-12(10-13)11-19-14-8-3-4-9-15-14/h3-10H,11H2,1-2H3. The number of aromatic nitrogens is 1. The largest absolute Gasteiger partial charge is 0.250 e. The van der Waals surface area contributed by atoms with Gasteiger partial charge in [-0.25, -0.2) is 17.7 Å². The maximum absolute atomic E-state index is 12.1. The van der Waals surface area contributed by atoms with Crippen molar-refractivity contribution in [1.82, 2.24) is 9.29 Å². The Labute approximate surface area is 123 Å². The van der Waals surface area contributed by atoms with Gasteiger partial charge < -0.3 is 0 Å². The Balaban J connectivity index is 2.15. The molecule has 1 aromatic carbocycles. The average Bonchev–Trinajstić information content (AvgIpc) is 2.46. The topological polar surface area (TPSA) is 50.3 Å². The molecule has 1 aromatic heterocycles. The molecule has 2 aromatic rings. The maximum Gasteiger partial charge on any atom is 0.242 e. The van der Waals surface area contributed by atoms with Crippen molar-refractivity contribution in [3.05, 3.63) is 54.2 Å². The molecule has 0 saturated heterocycles. The second-order valence-corrected chi connectivity index (χ2v) is 7.54. The molecule has 0 spiro atoms. The maximum atomic E-state index is 12.1. The molecule has 0 radical (unpaired) electrons. The van der Waals surface area contributed by atoms with Gasteiger partial charge >= 0.3 is 0 Å². The van der Waals surface area contributed by atoms with Gasteiger partial charge in [0, 0.05) is 26.0 Å². The molecule has 2 rings (SSSR count). The number of thioether (sulfide) groups is 1. The molecule has 20 heavy (non-hydrogen) atoms. The first-order valence-electron chi connectivity index (χ1n) is 6.05. The van der Waals surface area contributed by atoms with E-state index in [2.05, 4.69) is 4.98 Å². The smallest absolute Gasteiger partial charge is 0.242 e. The SMILES string of the molecule is CN(C)S(=O)(=O)c1cccc(CSc2ccccn2)c1. The Kier molecular flexibility index (Phi) is 4.80. The molecule has 1 heterocycles. The minimum Gasteiger partial charge on any atom is -0.250 e. The van der Waals surface area contributed by atoms with Gasteiger partial charge in [0.15, 0.2) is 0 Å². The summed E-state index contributed by atoms with van der Waals surface area (Å²) in [5.41, 5.74) is 0.962. The van der Waals surface area contributed by atoms with Crippen molar-refractivity contribution in [2.24, 2.45) is 0 Å². The highest BCUT2D eigenvalue weighted by molar-refractivity contribution is 7.98. The first-order chi connectivity index (χ1) is 9.50. The van der Waals surface area contributed by atoms with Gasteiger partial charge in [-0.05, 0) is 29.8 Å². The van der Waals surface area contributed by atoms with Crippen LogP contribution in [0.25, 0.3) is 0 Å². The Hall–Kier alpha value is -1.37. The van der Waals surface area contributed by atoms with Crippen LogP contribution in [0.4, 0.5) is 0 Å². The number of rotatable bonds is 5. The zero-order valence-electron chi connectivity index (χ0n) is 11.4. The predicted octanol–water partition coefficient (Wildman–Crippen LogP) is 2.62. The summed E-state index contributed by atoms with van der Waals surface area (Å²) in [5.74, 6) is 0.688. The van der Waals surface area contributed by atoms with Crippen LogP contribution in [0.3, 0.4) is 0 Å². The zero-order chi connectivity index (χ0) is 14.6. The number of pyridine rings is 1. The van der Waals surface area contributed by atoms with Crippen molar-refractivity contribution in [2.45, 2.75) is 15.7 Å². The van der Waals surface area contributed by atoms with Gasteiger partial charge in [-0.3, -0.25) is 0 Å². The molecule has 4 nitrogen and oxygen atoms in total. The van der Waals surface area contributed by atoms with Crippen LogP contribution in [-0.2, 0) is 15.8 Å². The van der Waals surface area contributed by atoms with Gasteiger partial charge in [0.25, 0.3) is 0 Å². The molecular weight excluding hydrogens is 292 g/mol. The van der Waals surface area contributed by atoms with Gasteiger partial charge in [0.1, 0.15) is 0 Å². The normalized spacial score (nSPS) is 11.8. The lowest BCUT2D eigenvalue weighted by molar-refractivity contribution is 0.520. The zero-order valence-corrected chi connectivity index (χ0v) is 13.0. The van der Waals surface area contributed by atoms with E-state index in [0.717, 1.165) is 10.6 Å². The first-order valence-corrected chi connectivity index (χ1v) is 8.48. The molecule has 0 fully saturated rings. The molecule has 0 N–H and O–H groups in total. The summed E-state index contributed by atoms with van der Waals surface area (Å²) in [6, 6.07) is 12.8. The fourth-order valence-corrected chi connectivity index (χ4v) is 3.37. The Morgan fingerprint density at radius 3 is 2.60 bits per heavy atom. The third-order valence-electron chi connectivity index (χ3n) is 2.70. The van der Waals surface area contributed by atoms with Crippen molar-refractivity contribution in [2.75, 3.05) is 14.1 Å². The minimum absolute atomic E-state index is 0.321. The van der Waals surface area contributed by atoms with E-state index in [0.29, 0.717) is 10.6 Å². The third kappa shape index (κ3) is 3.59. The Morgan fingerprint density at radius 1 is 1.15 bits per heavy atom. The summed E-state index contributed by atoms with van der Waals surface area (Å²) in [4.78, 5) is 4.55. The summed E-state index contributed by atoms with van der Waals surface area (Å²) in [5, 5.41) is 0.924. The van der Waals surface area contributed by atoms with Crippen molar-refractivity contribution in [3.63, 3.8) is 0 Å². The molecule has 106 valence electrons. The molecule has 0 aliphatic carbocycles. The highest BCUT2D eigenvalue weighted by atomic mass is 32.2. The van der Waals surface area contributed by atoms with E-state index >= 15 is 0 Å². The van der Waals surface area contributed by atoms with Crippen LogP contribution in [0.1, 0.15) is 5.56 Å². The fraction of sp³-hybridized carbons (Fsp3) is 0.214. The van der Waals surface area contributed by atoms with Crippen LogP contribution >= 0.6 is 11.8 Å². The van der Waals surface area contributed by atoms with Gasteiger partial charge in [-0.15, -0.1) is 11.8 Å². The van der Waals surface area contributed by atoms with Crippen LogP contribution in [0.5, 0.6) is 0 Å². The molecule has 6 heteroatoms. The lowest BCUT2D eigenvalue weighted by Crippen LogP contribution is -2.22. The van der Waals surface area contributed by atoms with Gasteiger partial charge in [-0.2, -0.15) is 0 Å². The van der Waals surface area contributed by atoms with E-state index in [4.69, 9.17) is 0 Å². The van der Waals surface area contributed by atoms with Crippen LogP contribution in [0.2, 0.25) is 0 Å². The van der Waals surface area contributed by atoms with E-state index in [-0.39, 0.29) is 0 Å². The van der Waals surface area contributed by atoms with E-state index in [1.807, 2.05) is 24.3 Å². The van der Waals surface area contributed by atoms with Crippen LogP contribution in [0.15, 0.2) is 58.6 Å². The summed E-state index contributed by atoms with van der Waals surface area (Å²) >= 11 is 1.58. The van der Waals surface area contributed by atoms with E-state index in [1.54, 1.807) is 36.2 Å². The molecule has 0 saturated carbocycles. The van der Waals surface area contributed by atoms with Gasteiger partial charge in [0.2, 0.25) is 10.0 Å². The van der Waals surface area contributed by atoms with Gasteiger partial charge in [-0.1, -0.05) is 18.2 Å². The highest BCUT2D eigenvalue weighted by Gasteiger charge is 2.17. The molecule has 0 aliphatic heterocycles. The second kappa shape index (κ2) is 6.39. The van der Waals surface area contributed by atoms with Crippen molar-refractivity contribution < 1.29 is 8.42 Å². The molecule has 0 atom stereocenters. The van der Waals surface area contributed by atoms with Crippen molar-refractivity contribution in [3.8, 4) is 0 Å². The summed E-state index contributed by atoms with van der Waals surface area (Å²) in [7, 11) is -0.309. The van der Waals surface area contributed by atoms with Crippen molar-refractivity contribution >= 4 is 21.8 Å². The monoisotopic (exact) mass is 308 g/mol. The van der Waals surface area contributed by atoms with Crippen LogP contribution in [-0.4, -0.2) is 31.8 Å².